The predicted molar refractivity (Wildman–Crippen MR) is 43.8 cm³/mol. The van der Waals surface area contributed by atoms with Crippen LogP contribution in [-0.2, 0) is 6.42 Å². The van der Waals surface area contributed by atoms with Crippen molar-refractivity contribution in [1.29, 1.82) is 0 Å². The molecule has 12 heavy (non-hydrogen) atoms. The van der Waals surface area contributed by atoms with E-state index in [2.05, 4.69) is 14.8 Å². The Hall–Kier alpha value is -1.63. The first-order chi connectivity index (χ1) is 5.86. The molecule has 0 spiro atoms. The van der Waals surface area contributed by atoms with E-state index in [-0.39, 0.29) is 0 Å². The molecule has 0 saturated heterocycles. The fourth-order valence-corrected chi connectivity index (χ4v) is 0.762. The van der Waals surface area contributed by atoms with Crippen LogP contribution in [0.25, 0.3) is 4.85 Å². The molecule has 0 aliphatic heterocycles. The van der Waals surface area contributed by atoms with Gasteiger partial charge in [-0.2, -0.15) is 0 Å². The van der Waals surface area contributed by atoms with E-state index in [1.165, 1.54) is 7.11 Å². The van der Waals surface area contributed by atoms with E-state index in [0.717, 1.165) is 5.56 Å². The Bertz CT molecular complexity index is 275. The Kier molecular flexibility index (Phi) is 3.03. The van der Waals surface area contributed by atoms with E-state index < -0.39 is 0 Å². The van der Waals surface area contributed by atoms with Crippen LogP contribution in [0.4, 0.5) is 0 Å². The Morgan fingerprint density at radius 2 is 2.17 bits per heavy atom. The largest absolute Gasteiger partial charge is 0.467 e. The quantitative estimate of drug-likeness (QED) is 0.623. The van der Waals surface area contributed by atoms with Gasteiger partial charge >= 0.3 is 6.01 Å². The molecule has 1 aromatic rings. The Balaban J connectivity index is 2.60. The molecule has 0 aromatic carbocycles. The lowest BCUT2D eigenvalue weighted by Gasteiger charge is -1.97. The van der Waals surface area contributed by atoms with E-state index >= 15 is 0 Å². The molecule has 1 aromatic heterocycles. The summed E-state index contributed by atoms with van der Waals surface area (Å²) in [6.07, 6.45) is 4.06. The maximum atomic E-state index is 6.59. The van der Waals surface area contributed by atoms with Crippen molar-refractivity contribution in [1.82, 2.24) is 9.97 Å². The van der Waals surface area contributed by atoms with E-state index in [1.807, 2.05) is 0 Å². The number of ether oxygens (including phenoxy) is 1. The third-order valence-electron chi connectivity index (χ3n) is 1.38. The number of hydrogen-bond acceptors (Lipinski definition) is 3. The normalized spacial score (nSPS) is 9.00. The highest BCUT2D eigenvalue weighted by Gasteiger charge is 1.97. The van der Waals surface area contributed by atoms with Crippen LogP contribution in [0.2, 0.25) is 0 Å². The van der Waals surface area contributed by atoms with Crippen LogP contribution in [0, 0.1) is 6.57 Å². The topological polar surface area (TPSA) is 39.4 Å². The lowest BCUT2D eigenvalue weighted by Crippen LogP contribution is -1.94. The molecule has 0 fully saturated rings. The van der Waals surface area contributed by atoms with E-state index in [4.69, 9.17) is 11.3 Å². The molecule has 1 rings (SSSR count). The van der Waals surface area contributed by atoms with Crippen molar-refractivity contribution < 1.29 is 4.74 Å². The van der Waals surface area contributed by atoms with Crippen molar-refractivity contribution in [3.8, 4) is 6.01 Å². The smallest absolute Gasteiger partial charge is 0.316 e. The zero-order valence-electron chi connectivity index (χ0n) is 6.82. The molecule has 0 unspecified atom stereocenters. The zero-order valence-corrected chi connectivity index (χ0v) is 6.82. The first kappa shape index (κ1) is 8.47. The van der Waals surface area contributed by atoms with Crippen molar-refractivity contribution in [3.05, 3.63) is 29.4 Å². The standard InChI is InChI=1S/C8H9N3O/c1-9-4-3-7-5-10-8(12-2)11-6-7/h5-6H,3-4H2,2H3. The number of aromatic nitrogens is 2. The molecule has 0 bridgehead atoms. The first-order valence-electron chi connectivity index (χ1n) is 3.55. The second-order valence-corrected chi connectivity index (χ2v) is 2.21. The summed E-state index contributed by atoms with van der Waals surface area (Å²) in [5.41, 5.74) is 0.965. The molecule has 0 saturated carbocycles. The van der Waals surface area contributed by atoms with E-state index in [9.17, 15) is 0 Å². The van der Waals surface area contributed by atoms with Crippen LogP contribution in [0.15, 0.2) is 12.4 Å². The highest BCUT2D eigenvalue weighted by Crippen LogP contribution is 2.01. The molecular formula is C8H9N3O. The van der Waals surface area contributed by atoms with Gasteiger partial charge in [-0.15, -0.1) is 0 Å². The molecule has 0 aliphatic carbocycles. The lowest BCUT2D eigenvalue weighted by molar-refractivity contribution is 0.379. The third-order valence-corrected chi connectivity index (χ3v) is 1.38. The van der Waals surface area contributed by atoms with Crippen molar-refractivity contribution in [2.75, 3.05) is 13.7 Å². The monoisotopic (exact) mass is 163 g/mol. The summed E-state index contributed by atoms with van der Waals surface area (Å²) in [5.74, 6) is 0. The molecule has 0 aliphatic rings. The van der Waals surface area contributed by atoms with Crippen molar-refractivity contribution in [2.45, 2.75) is 6.42 Å². The van der Waals surface area contributed by atoms with Crippen LogP contribution in [0.5, 0.6) is 6.01 Å². The van der Waals surface area contributed by atoms with Gasteiger partial charge in [0.05, 0.1) is 7.11 Å². The summed E-state index contributed by atoms with van der Waals surface area (Å²) in [7, 11) is 1.52. The fraction of sp³-hybridized carbons (Fsp3) is 0.375. The van der Waals surface area contributed by atoms with Gasteiger partial charge in [0.2, 0.25) is 6.54 Å². The number of nitrogens with zero attached hydrogens (tertiary/aromatic N) is 3. The van der Waals surface area contributed by atoms with Gasteiger partial charge < -0.3 is 9.58 Å². The molecule has 62 valence electrons. The summed E-state index contributed by atoms with van der Waals surface area (Å²) in [6, 6.07) is 0.363. The molecule has 0 N–H and O–H groups in total. The lowest BCUT2D eigenvalue weighted by atomic mass is 10.2. The summed E-state index contributed by atoms with van der Waals surface area (Å²) >= 11 is 0. The molecule has 4 nitrogen and oxygen atoms in total. The molecule has 4 heteroatoms. The van der Waals surface area contributed by atoms with Gasteiger partial charge in [-0.05, 0) is 5.56 Å². The van der Waals surface area contributed by atoms with Crippen LogP contribution >= 0.6 is 0 Å². The maximum absolute atomic E-state index is 6.59. The zero-order chi connectivity index (χ0) is 8.81. The van der Waals surface area contributed by atoms with Crippen molar-refractivity contribution in [2.24, 2.45) is 0 Å². The SMILES string of the molecule is [C-]#[N+]CCc1cnc(OC)nc1. The van der Waals surface area contributed by atoms with E-state index in [1.54, 1.807) is 12.4 Å². The molecule has 1 heterocycles. The summed E-state index contributed by atoms with van der Waals surface area (Å²) < 4.78 is 4.79. The second kappa shape index (κ2) is 4.29. The predicted octanol–water partition coefficient (Wildman–Crippen LogP) is 0.947. The van der Waals surface area contributed by atoms with Crippen molar-refractivity contribution >= 4 is 0 Å². The molecule has 0 atom stereocenters. The minimum atomic E-state index is 0.363. The first-order valence-corrected chi connectivity index (χ1v) is 3.55. The highest BCUT2D eigenvalue weighted by atomic mass is 16.5. The van der Waals surface area contributed by atoms with Crippen LogP contribution in [0.1, 0.15) is 5.56 Å². The summed E-state index contributed by atoms with van der Waals surface area (Å²) in [5, 5.41) is 0. The van der Waals surface area contributed by atoms with Gasteiger partial charge in [0.15, 0.2) is 0 Å². The number of methoxy groups -OCH3 is 1. The number of hydrogen-bond donors (Lipinski definition) is 0. The molecular weight excluding hydrogens is 154 g/mol. The highest BCUT2D eigenvalue weighted by molar-refractivity contribution is 5.08. The van der Waals surface area contributed by atoms with Gasteiger partial charge in [0, 0.05) is 18.8 Å². The van der Waals surface area contributed by atoms with Crippen LogP contribution in [0.3, 0.4) is 0 Å². The number of rotatable bonds is 3. The van der Waals surface area contributed by atoms with Crippen LogP contribution in [-0.4, -0.2) is 23.6 Å². The minimum Gasteiger partial charge on any atom is -0.467 e. The van der Waals surface area contributed by atoms with Gasteiger partial charge in [-0.3, -0.25) is 0 Å². The molecule has 0 amide bonds. The Morgan fingerprint density at radius 3 is 2.67 bits per heavy atom. The average Bonchev–Trinajstić information content (AvgIpc) is 2.15. The Morgan fingerprint density at radius 1 is 1.50 bits per heavy atom. The fourth-order valence-electron chi connectivity index (χ4n) is 0.762. The third kappa shape index (κ3) is 2.20. The van der Waals surface area contributed by atoms with Crippen molar-refractivity contribution in [3.63, 3.8) is 0 Å². The molecule has 0 radical (unpaired) electrons. The van der Waals surface area contributed by atoms with Crippen LogP contribution < -0.4 is 4.74 Å². The van der Waals surface area contributed by atoms with Gasteiger partial charge in [-0.1, -0.05) is 0 Å². The van der Waals surface area contributed by atoms with Gasteiger partial charge in [-0.25, -0.2) is 16.5 Å². The maximum Gasteiger partial charge on any atom is 0.316 e. The minimum absolute atomic E-state index is 0.363. The second-order valence-electron chi connectivity index (χ2n) is 2.21. The summed E-state index contributed by atoms with van der Waals surface area (Å²) in [4.78, 5) is 11.1. The van der Waals surface area contributed by atoms with Gasteiger partial charge in [0.25, 0.3) is 0 Å². The Labute approximate surface area is 71.0 Å². The van der Waals surface area contributed by atoms with E-state index in [0.29, 0.717) is 19.0 Å². The summed E-state index contributed by atoms with van der Waals surface area (Å²) in [6.45, 7) is 7.07. The van der Waals surface area contributed by atoms with Gasteiger partial charge in [0.1, 0.15) is 0 Å². The average molecular weight is 163 g/mol.